The zero-order chi connectivity index (χ0) is 16.1. The molecule has 1 aliphatic heterocycles. The summed E-state index contributed by atoms with van der Waals surface area (Å²) in [5.74, 6) is -0.0242. The van der Waals surface area contributed by atoms with Crippen LogP contribution in [0.2, 0.25) is 0 Å². The lowest BCUT2D eigenvalue weighted by Gasteiger charge is -2.27. The molecule has 0 radical (unpaired) electrons. The molecule has 0 amide bonds. The third-order valence-corrected chi connectivity index (χ3v) is 4.55. The highest BCUT2D eigenvalue weighted by atomic mass is 32.1. The normalized spacial score (nSPS) is 21.2. The predicted molar refractivity (Wildman–Crippen MR) is 89.6 cm³/mol. The van der Waals surface area contributed by atoms with E-state index in [9.17, 15) is 4.79 Å². The standard InChI is InChI=1S/C17H23NO3S/c1-12(2)16(22)18-10-14(9-15(18)17(19)20-3)21-11-13-7-5-4-6-8-13/h4-8,12,14-15H,9-11H2,1-3H3/t14-,15+/m1/s1. The van der Waals surface area contributed by atoms with Crippen molar-refractivity contribution in [2.45, 2.75) is 39.0 Å². The highest BCUT2D eigenvalue weighted by Gasteiger charge is 2.39. The molecule has 0 N–H and O–H groups in total. The number of ether oxygens (including phenoxy) is 2. The van der Waals surface area contributed by atoms with E-state index in [0.29, 0.717) is 19.6 Å². The third kappa shape index (κ3) is 4.05. The Balaban J connectivity index is 2.00. The highest BCUT2D eigenvalue weighted by molar-refractivity contribution is 7.80. The van der Waals surface area contributed by atoms with Crippen LogP contribution >= 0.6 is 12.2 Å². The molecule has 1 aromatic carbocycles. The second-order valence-corrected chi connectivity index (χ2v) is 6.26. The number of esters is 1. The summed E-state index contributed by atoms with van der Waals surface area (Å²) >= 11 is 5.48. The summed E-state index contributed by atoms with van der Waals surface area (Å²) < 4.78 is 10.9. The van der Waals surface area contributed by atoms with Crippen LogP contribution in [-0.2, 0) is 20.9 Å². The zero-order valence-corrected chi connectivity index (χ0v) is 14.1. The monoisotopic (exact) mass is 321 g/mol. The molecule has 22 heavy (non-hydrogen) atoms. The van der Waals surface area contributed by atoms with Crippen molar-refractivity contribution in [3.63, 3.8) is 0 Å². The van der Waals surface area contributed by atoms with Gasteiger partial charge in [0.2, 0.25) is 0 Å². The Morgan fingerprint density at radius 2 is 2.05 bits per heavy atom. The van der Waals surface area contributed by atoms with Gasteiger partial charge in [-0.2, -0.15) is 0 Å². The Bertz CT molecular complexity index is 518. The Morgan fingerprint density at radius 3 is 2.64 bits per heavy atom. The summed E-state index contributed by atoms with van der Waals surface area (Å²) in [5.41, 5.74) is 1.13. The minimum absolute atomic E-state index is 0.0130. The fourth-order valence-electron chi connectivity index (χ4n) is 2.64. The number of carbonyl (C=O) groups is 1. The van der Waals surface area contributed by atoms with Gasteiger partial charge < -0.3 is 14.4 Å². The number of methoxy groups -OCH3 is 1. The Morgan fingerprint density at radius 1 is 1.36 bits per heavy atom. The molecule has 1 fully saturated rings. The maximum atomic E-state index is 12.0. The van der Waals surface area contributed by atoms with Crippen molar-refractivity contribution >= 4 is 23.2 Å². The molecule has 2 rings (SSSR count). The molecule has 1 aliphatic rings. The van der Waals surface area contributed by atoms with E-state index in [0.717, 1.165) is 10.6 Å². The SMILES string of the molecule is COC(=O)[C@@H]1C[C@@H](OCc2ccccc2)CN1C(=S)C(C)C. The van der Waals surface area contributed by atoms with Gasteiger partial charge in [-0.25, -0.2) is 4.79 Å². The van der Waals surface area contributed by atoms with Gasteiger partial charge in [0.05, 0.1) is 24.8 Å². The molecule has 120 valence electrons. The minimum Gasteiger partial charge on any atom is -0.467 e. The lowest BCUT2D eigenvalue weighted by molar-refractivity contribution is -0.144. The van der Waals surface area contributed by atoms with Gasteiger partial charge in [-0.15, -0.1) is 0 Å². The average molecular weight is 321 g/mol. The third-order valence-electron chi connectivity index (χ3n) is 3.84. The van der Waals surface area contributed by atoms with Crippen LogP contribution in [0, 0.1) is 5.92 Å². The number of rotatable bonds is 5. The van der Waals surface area contributed by atoms with Crippen LogP contribution in [0.5, 0.6) is 0 Å². The van der Waals surface area contributed by atoms with E-state index < -0.39 is 0 Å². The van der Waals surface area contributed by atoms with Gasteiger partial charge in [0.15, 0.2) is 0 Å². The quantitative estimate of drug-likeness (QED) is 0.616. The van der Waals surface area contributed by atoms with E-state index in [1.165, 1.54) is 7.11 Å². The minimum atomic E-state index is -0.333. The largest absolute Gasteiger partial charge is 0.467 e. The maximum absolute atomic E-state index is 12.0. The van der Waals surface area contributed by atoms with Crippen molar-refractivity contribution in [3.8, 4) is 0 Å². The number of carbonyl (C=O) groups excluding carboxylic acids is 1. The van der Waals surface area contributed by atoms with Crippen LogP contribution in [0.25, 0.3) is 0 Å². The van der Waals surface area contributed by atoms with E-state index in [2.05, 4.69) is 0 Å². The average Bonchev–Trinajstić information content (AvgIpc) is 2.96. The summed E-state index contributed by atoms with van der Waals surface area (Å²) in [5, 5.41) is 0. The van der Waals surface area contributed by atoms with Crippen molar-refractivity contribution in [1.29, 1.82) is 0 Å². The molecule has 4 nitrogen and oxygen atoms in total. The van der Waals surface area contributed by atoms with Gasteiger partial charge >= 0.3 is 5.97 Å². The molecular weight excluding hydrogens is 298 g/mol. The molecule has 0 spiro atoms. The van der Waals surface area contributed by atoms with Gasteiger partial charge in [-0.1, -0.05) is 56.4 Å². The fraction of sp³-hybridized carbons (Fsp3) is 0.529. The molecule has 5 heteroatoms. The van der Waals surface area contributed by atoms with Crippen molar-refractivity contribution in [1.82, 2.24) is 4.90 Å². The molecular formula is C17H23NO3S. The van der Waals surface area contributed by atoms with Crippen LogP contribution in [0.1, 0.15) is 25.8 Å². The molecule has 2 atom stereocenters. The van der Waals surface area contributed by atoms with Crippen LogP contribution in [0.15, 0.2) is 30.3 Å². The predicted octanol–water partition coefficient (Wildman–Crippen LogP) is 2.80. The summed E-state index contributed by atoms with van der Waals surface area (Å²) in [4.78, 5) is 14.7. The Kier molecular flexibility index (Phi) is 5.91. The Labute approximate surface area is 137 Å². The lowest BCUT2D eigenvalue weighted by atomic mass is 10.1. The first-order valence-corrected chi connectivity index (χ1v) is 7.97. The molecule has 1 saturated heterocycles. The number of hydrogen-bond donors (Lipinski definition) is 0. The molecule has 0 aromatic heterocycles. The molecule has 1 heterocycles. The Hall–Kier alpha value is -1.46. The molecule has 0 saturated carbocycles. The van der Waals surface area contributed by atoms with Gasteiger partial charge in [0, 0.05) is 18.9 Å². The molecule has 0 aliphatic carbocycles. The van der Waals surface area contributed by atoms with Gasteiger partial charge in [-0.05, 0) is 5.56 Å². The topological polar surface area (TPSA) is 38.8 Å². The summed E-state index contributed by atoms with van der Waals surface area (Å²) in [6.45, 7) is 5.26. The van der Waals surface area contributed by atoms with Crippen LogP contribution < -0.4 is 0 Å². The molecule has 0 unspecified atom stereocenters. The first-order chi connectivity index (χ1) is 10.5. The van der Waals surface area contributed by atoms with Gasteiger partial charge in [-0.3, -0.25) is 0 Å². The molecule has 0 bridgehead atoms. The van der Waals surface area contributed by atoms with Crippen molar-refractivity contribution < 1.29 is 14.3 Å². The molecule has 1 aromatic rings. The van der Waals surface area contributed by atoms with E-state index in [1.807, 2.05) is 49.1 Å². The first kappa shape index (κ1) is 16.9. The van der Waals surface area contributed by atoms with E-state index in [4.69, 9.17) is 21.7 Å². The van der Waals surface area contributed by atoms with Crippen molar-refractivity contribution in [3.05, 3.63) is 35.9 Å². The summed E-state index contributed by atoms with van der Waals surface area (Å²) in [6, 6.07) is 9.69. The zero-order valence-electron chi connectivity index (χ0n) is 13.3. The fourth-order valence-corrected chi connectivity index (χ4v) is 2.84. The number of nitrogens with zero attached hydrogens (tertiary/aromatic N) is 1. The van der Waals surface area contributed by atoms with Crippen molar-refractivity contribution in [2.75, 3.05) is 13.7 Å². The van der Waals surface area contributed by atoms with Gasteiger partial charge in [0.1, 0.15) is 6.04 Å². The maximum Gasteiger partial charge on any atom is 0.328 e. The summed E-state index contributed by atoms with van der Waals surface area (Å²) in [6.07, 6.45) is 0.604. The van der Waals surface area contributed by atoms with E-state index in [-0.39, 0.29) is 24.0 Å². The van der Waals surface area contributed by atoms with Crippen LogP contribution in [0.4, 0.5) is 0 Å². The number of hydrogen-bond acceptors (Lipinski definition) is 4. The first-order valence-electron chi connectivity index (χ1n) is 7.56. The van der Waals surface area contributed by atoms with Crippen LogP contribution in [0.3, 0.4) is 0 Å². The highest BCUT2D eigenvalue weighted by Crippen LogP contribution is 2.25. The second kappa shape index (κ2) is 7.70. The second-order valence-electron chi connectivity index (χ2n) is 5.84. The van der Waals surface area contributed by atoms with Gasteiger partial charge in [0.25, 0.3) is 0 Å². The lowest BCUT2D eigenvalue weighted by Crippen LogP contribution is -2.42. The van der Waals surface area contributed by atoms with E-state index in [1.54, 1.807) is 0 Å². The number of likely N-dealkylation sites (tertiary alicyclic amines) is 1. The number of thiocarbonyl (C=S) groups is 1. The van der Waals surface area contributed by atoms with Crippen LogP contribution in [-0.4, -0.2) is 41.7 Å². The smallest absolute Gasteiger partial charge is 0.328 e. The number of benzene rings is 1. The van der Waals surface area contributed by atoms with Crippen molar-refractivity contribution in [2.24, 2.45) is 5.92 Å². The summed E-state index contributed by atoms with van der Waals surface area (Å²) in [7, 11) is 1.41. The van der Waals surface area contributed by atoms with E-state index >= 15 is 0 Å².